The van der Waals surface area contributed by atoms with Crippen molar-refractivity contribution in [1.29, 1.82) is 0 Å². The minimum atomic E-state index is -0.310. The standard InChI is InChI=1S/C18H15BrClN3O2/c1-10-5-11(2)17(14(20)6-10)23-16(24)8-25-18-13-7-12(19)3-4-15(13)21-9-22-18/h3-7,9H,8H2,1-2H3,(H,23,24). The lowest BCUT2D eigenvalue weighted by molar-refractivity contribution is -0.118. The number of aryl methyl sites for hydroxylation is 2. The average molecular weight is 421 g/mol. The number of nitrogens with zero attached hydrogens (tertiary/aromatic N) is 2. The summed E-state index contributed by atoms with van der Waals surface area (Å²) in [4.78, 5) is 20.5. The van der Waals surface area contributed by atoms with E-state index in [0.717, 1.165) is 26.5 Å². The minimum Gasteiger partial charge on any atom is -0.467 e. The van der Waals surface area contributed by atoms with Crippen LogP contribution in [-0.2, 0) is 4.79 Å². The van der Waals surface area contributed by atoms with Gasteiger partial charge in [0.15, 0.2) is 6.61 Å². The minimum absolute atomic E-state index is 0.178. The van der Waals surface area contributed by atoms with Crippen molar-refractivity contribution in [3.8, 4) is 5.88 Å². The molecule has 3 rings (SSSR count). The molecule has 7 heteroatoms. The van der Waals surface area contributed by atoms with E-state index in [4.69, 9.17) is 16.3 Å². The molecule has 1 aromatic heterocycles. The summed E-state index contributed by atoms with van der Waals surface area (Å²) in [5.74, 6) is 0.0452. The van der Waals surface area contributed by atoms with E-state index in [1.165, 1.54) is 6.33 Å². The maximum atomic E-state index is 12.2. The lowest BCUT2D eigenvalue weighted by atomic mass is 10.1. The fraction of sp³-hybridized carbons (Fsp3) is 0.167. The number of rotatable bonds is 4. The molecule has 0 aliphatic heterocycles. The molecule has 128 valence electrons. The number of benzene rings is 2. The topological polar surface area (TPSA) is 64.1 Å². The first-order valence-corrected chi connectivity index (χ1v) is 8.71. The van der Waals surface area contributed by atoms with Crippen LogP contribution in [0.15, 0.2) is 41.1 Å². The van der Waals surface area contributed by atoms with Gasteiger partial charge in [0, 0.05) is 4.47 Å². The number of amides is 1. The Balaban J connectivity index is 1.74. The van der Waals surface area contributed by atoms with Gasteiger partial charge in [0.1, 0.15) is 6.33 Å². The van der Waals surface area contributed by atoms with Crippen LogP contribution in [-0.4, -0.2) is 22.5 Å². The lowest BCUT2D eigenvalue weighted by Gasteiger charge is -2.12. The molecule has 0 spiro atoms. The summed E-state index contributed by atoms with van der Waals surface area (Å²) in [7, 11) is 0. The van der Waals surface area contributed by atoms with E-state index in [2.05, 4.69) is 31.2 Å². The SMILES string of the molecule is Cc1cc(C)c(NC(=O)COc2ncnc3ccc(Br)cc23)c(Cl)c1. The van der Waals surface area contributed by atoms with Gasteiger partial charge in [-0.2, -0.15) is 0 Å². The Morgan fingerprint density at radius 1 is 1.24 bits per heavy atom. The van der Waals surface area contributed by atoms with Crippen LogP contribution in [0.2, 0.25) is 5.02 Å². The van der Waals surface area contributed by atoms with Gasteiger partial charge in [-0.15, -0.1) is 0 Å². The zero-order valence-electron chi connectivity index (χ0n) is 13.6. The molecule has 0 aliphatic rings. The highest BCUT2D eigenvalue weighted by molar-refractivity contribution is 9.10. The van der Waals surface area contributed by atoms with Gasteiger partial charge in [-0.1, -0.05) is 33.6 Å². The van der Waals surface area contributed by atoms with Crippen molar-refractivity contribution in [2.75, 3.05) is 11.9 Å². The van der Waals surface area contributed by atoms with Gasteiger partial charge in [0.05, 0.1) is 21.6 Å². The molecular weight excluding hydrogens is 406 g/mol. The van der Waals surface area contributed by atoms with Gasteiger partial charge in [-0.3, -0.25) is 4.79 Å². The molecule has 0 aliphatic carbocycles. The molecule has 0 atom stereocenters. The second-order valence-corrected chi connectivity index (χ2v) is 6.94. The molecule has 0 fully saturated rings. The maximum Gasteiger partial charge on any atom is 0.262 e. The predicted molar refractivity (Wildman–Crippen MR) is 102 cm³/mol. The first-order valence-electron chi connectivity index (χ1n) is 7.53. The van der Waals surface area contributed by atoms with Crippen molar-refractivity contribution in [3.05, 3.63) is 57.3 Å². The van der Waals surface area contributed by atoms with Crippen molar-refractivity contribution >= 4 is 50.0 Å². The summed E-state index contributed by atoms with van der Waals surface area (Å²) in [5, 5.41) is 4.02. The van der Waals surface area contributed by atoms with Gasteiger partial charge in [0.2, 0.25) is 5.88 Å². The third kappa shape index (κ3) is 4.08. The number of aromatic nitrogens is 2. The molecule has 5 nitrogen and oxygen atoms in total. The zero-order valence-corrected chi connectivity index (χ0v) is 16.0. The Kier molecular flexibility index (Phi) is 5.20. The van der Waals surface area contributed by atoms with Gasteiger partial charge in [0.25, 0.3) is 5.91 Å². The number of carbonyl (C=O) groups excluding carboxylic acids is 1. The highest BCUT2D eigenvalue weighted by Crippen LogP contribution is 2.28. The number of carbonyl (C=O) groups is 1. The van der Waals surface area contributed by atoms with Crippen LogP contribution in [0.3, 0.4) is 0 Å². The Morgan fingerprint density at radius 3 is 2.80 bits per heavy atom. The fourth-order valence-corrected chi connectivity index (χ4v) is 3.23. The Labute approximate surface area is 158 Å². The van der Waals surface area contributed by atoms with E-state index < -0.39 is 0 Å². The molecule has 1 amide bonds. The molecule has 1 heterocycles. The van der Waals surface area contributed by atoms with Gasteiger partial charge >= 0.3 is 0 Å². The highest BCUT2D eigenvalue weighted by atomic mass is 79.9. The van der Waals surface area contributed by atoms with Crippen LogP contribution >= 0.6 is 27.5 Å². The molecule has 0 unspecified atom stereocenters. The van der Waals surface area contributed by atoms with Crippen LogP contribution < -0.4 is 10.1 Å². The Morgan fingerprint density at radius 2 is 2.04 bits per heavy atom. The van der Waals surface area contributed by atoms with Crippen molar-refractivity contribution < 1.29 is 9.53 Å². The van der Waals surface area contributed by atoms with E-state index in [-0.39, 0.29) is 12.5 Å². The first kappa shape index (κ1) is 17.6. The van der Waals surface area contributed by atoms with E-state index in [1.807, 2.05) is 38.1 Å². The third-order valence-corrected chi connectivity index (χ3v) is 4.39. The van der Waals surface area contributed by atoms with Crippen LogP contribution in [0.4, 0.5) is 5.69 Å². The fourth-order valence-electron chi connectivity index (χ4n) is 2.50. The summed E-state index contributed by atoms with van der Waals surface area (Å²) in [6.07, 6.45) is 1.41. The van der Waals surface area contributed by atoms with Crippen LogP contribution in [0.1, 0.15) is 11.1 Å². The van der Waals surface area contributed by atoms with E-state index in [9.17, 15) is 4.79 Å². The predicted octanol–water partition coefficient (Wildman–Crippen LogP) is 4.68. The second-order valence-electron chi connectivity index (χ2n) is 5.62. The van der Waals surface area contributed by atoms with Crippen LogP contribution in [0.5, 0.6) is 5.88 Å². The second kappa shape index (κ2) is 7.37. The van der Waals surface area contributed by atoms with Crippen molar-refractivity contribution in [2.24, 2.45) is 0 Å². The normalized spacial score (nSPS) is 10.7. The molecule has 2 aromatic carbocycles. The molecule has 0 bridgehead atoms. The quantitative estimate of drug-likeness (QED) is 0.665. The molecular formula is C18H15BrClN3O2. The monoisotopic (exact) mass is 419 g/mol. The number of anilines is 1. The van der Waals surface area contributed by atoms with Crippen LogP contribution in [0.25, 0.3) is 10.9 Å². The first-order chi connectivity index (χ1) is 11.9. The van der Waals surface area contributed by atoms with Crippen molar-refractivity contribution in [2.45, 2.75) is 13.8 Å². The molecule has 0 saturated heterocycles. The highest BCUT2D eigenvalue weighted by Gasteiger charge is 2.12. The number of ether oxygens (including phenoxy) is 1. The largest absolute Gasteiger partial charge is 0.467 e. The maximum absolute atomic E-state index is 12.2. The van der Waals surface area contributed by atoms with E-state index in [0.29, 0.717) is 16.6 Å². The van der Waals surface area contributed by atoms with E-state index >= 15 is 0 Å². The summed E-state index contributed by atoms with van der Waals surface area (Å²) in [5.41, 5.74) is 3.27. The number of fused-ring (bicyclic) bond motifs is 1. The molecule has 0 saturated carbocycles. The third-order valence-electron chi connectivity index (χ3n) is 3.60. The van der Waals surface area contributed by atoms with Gasteiger partial charge in [-0.05, 0) is 49.2 Å². The van der Waals surface area contributed by atoms with Gasteiger partial charge < -0.3 is 10.1 Å². The average Bonchev–Trinajstić information content (AvgIpc) is 2.56. The number of hydrogen-bond acceptors (Lipinski definition) is 4. The molecule has 3 aromatic rings. The molecule has 0 radical (unpaired) electrons. The van der Waals surface area contributed by atoms with Crippen LogP contribution in [0, 0.1) is 13.8 Å². The molecule has 1 N–H and O–H groups in total. The lowest BCUT2D eigenvalue weighted by Crippen LogP contribution is -2.21. The number of nitrogens with one attached hydrogen (secondary N) is 1. The number of halogens is 2. The summed E-state index contributed by atoms with van der Waals surface area (Å²) >= 11 is 9.62. The zero-order chi connectivity index (χ0) is 18.0. The number of hydrogen-bond donors (Lipinski definition) is 1. The summed E-state index contributed by atoms with van der Waals surface area (Å²) in [6, 6.07) is 9.35. The van der Waals surface area contributed by atoms with Crippen molar-refractivity contribution in [3.63, 3.8) is 0 Å². The molecule has 25 heavy (non-hydrogen) atoms. The smallest absolute Gasteiger partial charge is 0.262 e. The Hall–Kier alpha value is -2.18. The van der Waals surface area contributed by atoms with Gasteiger partial charge in [-0.25, -0.2) is 9.97 Å². The van der Waals surface area contributed by atoms with E-state index in [1.54, 1.807) is 6.07 Å². The summed E-state index contributed by atoms with van der Waals surface area (Å²) in [6.45, 7) is 3.67. The Bertz CT molecular complexity index is 939. The summed E-state index contributed by atoms with van der Waals surface area (Å²) < 4.78 is 6.47. The van der Waals surface area contributed by atoms with Crippen molar-refractivity contribution in [1.82, 2.24) is 9.97 Å².